The zero-order valence-electron chi connectivity index (χ0n) is 67.1. The van der Waals surface area contributed by atoms with Crippen molar-refractivity contribution in [2.75, 3.05) is 0 Å². The van der Waals surface area contributed by atoms with E-state index in [0.717, 1.165) is 10.9 Å². The average molecular weight is 1670 g/mol. The first kappa shape index (κ1) is 75.5. The second-order valence-corrected chi connectivity index (χ2v) is 40.5. The number of benzene rings is 20. The molecule has 0 spiro atoms. The minimum Gasteiger partial charge on any atom is -0.316 e. The van der Waals surface area contributed by atoms with Crippen molar-refractivity contribution in [3.05, 3.63) is 494 Å². The Balaban J connectivity index is 0.000000128. The molecule has 1 nitrogen and oxygen atoms in total. The van der Waals surface area contributed by atoms with Crippen LogP contribution >= 0.6 is 29.4 Å². The Morgan fingerprint density at radius 2 is 0.582 bits per heavy atom. The molecule has 0 saturated carbocycles. The number of nitrogens with zero attached hydrogens (tertiary/aromatic N) is 1. The highest BCUT2D eigenvalue weighted by atomic mass is 79.9. The first-order chi connectivity index (χ1) is 59.9. The third-order valence-electron chi connectivity index (χ3n) is 25.6. The summed E-state index contributed by atoms with van der Waals surface area (Å²) in [5.41, 5.74) is 25.8. The fraction of sp³-hybridized carbons (Fsp3) is 0.00855. The molecule has 3 aliphatic rings. The number of fused-ring (bicyclic) bond motifs is 12. The molecule has 0 radical (unpaired) electrons. The van der Waals surface area contributed by atoms with Crippen LogP contribution < -0.4 is 41.5 Å². The minimum absolute atomic E-state index is 0. The molecular weight excluding hydrogens is 1590 g/mol. The van der Waals surface area contributed by atoms with E-state index in [9.17, 15) is 0 Å². The van der Waals surface area contributed by atoms with Crippen molar-refractivity contribution in [2.24, 2.45) is 0 Å². The summed E-state index contributed by atoms with van der Waals surface area (Å²) in [6.07, 6.45) is 5.79. The van der Waals surface area contributed by atoms with Crippen molar-refractivity contribution in [3.8, 4) is 83.6 Å². The van der Waals surface area contributed by atoms with Gasteiger partial charge in [-0.1, -0.05) is 441 Å². The van der Waals surface area contributed by atoms with E-state index in [0.29, 0.717) is 0 Å². The Kier molecular flexibility index (Phi) is 19.8. The molecule has 0 N–H and O–H groups in total. The predicted octanol–water partition coefficient (Wildman–Crippen LogP) is 25.8. The number of rotatable bonds is 11. The van der Waals surface area contributed by atoms with Gasteiger partial charge in [-0.15, -0.1) is 0 Å². The zero-order chi connectivity index (χ0) is 80.4. The highest BCUT2D eigenvalue weighted by Gasteiger charge is 2.51. The molecule has 21 aromatic rings. The summed E-state index contributed by atoms with van der Waals surface area (Å²) < 4.78 is 3.59. The van der Waals surface area contributed by atoms with Crippen LogP contribution in [0.2, 0.25) is 0 Å². The third-order valence-corrected chi connectivity index (χ3v) is 35.8. The first-order valence-corrected chi connectivity index (χ1v) is 46.7. The second-order valence-electron chi connectivity index (χ2n) is 32.1. The van der Waals surface area contributed by atoms with E-state index in [1.807, 2.05) is 0 Å². The molecule has 0 unspecified atom stereocenters. The van der Waals surface area contributed by atoms with Crippen LogP contribution in [0.1, 0.15) is 18.1 Å². The lowest BCUT2D eigenvalue weighted by Gasteiger charge is -2.32. The van der Waals surface area contributed by atoms with Crippen molar-refractivity contribution in [1.82, 2.24) is 4.57 Å². The summed E-state index contributed by atoms with van der Waals surface area (Å²) in [5.74, 6) is 0. The third kappa shape index (κ3) is 12.9. The lowest BCUT2D eigenvalue weighted by Crippen LogP contribution is -2.72. The molecule has 3 heterocycles. The van der Waals surface area contributed by atoms with Crippen LogP contribution in [0.3, 0.4) is 0 Å². The van der Waals surface area contributed by atoms with Crippen LogP contribution in [0, 0.1) is 0 Å². The maximum Gasteiger partial charge on any atom is 0.180 e. The largest absolute Gasteiger partial charge is 0.316 e. The Morgan fingerprint density at radius 3 is 1.06 bits per heavy atom. The van der Waals surface area contributed by atoms with Crippen LogP contribution in [-0.2, 0) is 6.42 Å². The average Bonchev–Trinajstić information content (AvgIpc) is 1.54. The molecule has 1 aromatic heterocycles. The highest BCUT2D eigenvalue weighted by molar-refractivity contribution is 9.10. The predicted molar refractivity (Wildman–Crippen MR) is 536 cm³/mol. The van der Waals surface area contributed by atoms with Gasteiger partial charge in [0.1, 0.15) is 0 Å². The fourth-order valence-corrected chi connectivity index (χ4v) is 31.2. The number of halogens is 1. The van der Waals surface area contributed by atoms with Gasteiger partial charge in [-0.05, 0) is 228 Å². The Bertz CT molecular complexity index is 7520. The van der Waals surface area contributed by atoms with Crippen LogP contribution in [0.4, 0.5) is 0 Å². The molecule has 578 valence electrons. The Morgan fingerprint density at radius 1 is 0.230 bits per heavy atom. The molecule has 1 aliphatic carbocycles. The normalized spacial score (nSPS) is 12.9. The smallest absolute Gasteiger partial charge is 0.180 e. The van der Waals surface area contributed by atoms with E-state index >= 15 is 0 Å². The maximum atomic E-state index is 3.78. The van der Waals surface area contributed by atoms with Crippen molar-refractivity contribution in [1.29, 1.82) is 0 Å². The zero-order valence-corrected chi connectivity index (χ0v) is 71.7. The molecular formula is C117H84BrNSSi2. The summed E-state index contributed by atoms with van der Waals surface area (Å²) in [7, 11) is -5.26. The van der Waals surface area contributed by atoms with Gasteiger partial charge in [-0.25, -0.2) is 0 Å². The van der Waals surface area contributed by atoms with Crippen molar-refractivity contribution in [3.63, 3.8) is 0 Å². The second kappa shape index (κ2) is 31.9. The van der Waals surface area contributed by atoms with Crippen LogP contribution in [-0.4, -0.2) is 20.7 Å². The van der Waals surface area contributed by atoms with Crippen molar-refractivity contribution >= 4 is 147 Å². The number of hydrogen-bond acceptors (Lipinski definition) is 0. The molecule has 20 aromatic carbocycles. The summed E-state index contributed by atoms with van der Waals surface area (Å²) in [4.78, 5) is 0. The molecule has 122 heavy (non-hydrogen) atoms. The molecule has 0 saturated heterocycles. The standard InChI is InChI=1S/C58H39NSi.C30H21BrSi.C29H20.H2S.H2/c1-4-16-40(17-5-1)43-30-33-52-53-34-32-45(38-58(53)60(57(52)37-43,46-22-6-2-7-23-46)47-24-8-3-9-25-47)59-39-55(51-29-15-21-42-19-11-13-27-49(42)51)54-36-44(31-35-56(54)59)50-28-14-20-41-18-10-12-26-48(41)50;31-24-17-19-28-27-18-16-23(22-10-4-1-5-11-22)20-29(27)32(30(28)21-24,25-12-6-2-7-13-25)26-14-8-3-9-15-26;1-3-11-24-20(7-1)9-5-13-26(24)23-16-15-22-17-18-28(29(22)19-23)27-14-6-10-21-8-2-4-12-25(21)27;;/h1-39H;1-21H;1-16,18-19H,17H2;1H2;1H/i;;;;1+2. The van der Waals surface area contributed by atoms with Gasteiger partial charge in [-0.2, -0.15) is 13.5 Å². The van der Waals surface area contributed by atoms with E-state index in [-0.39, 0.29) is 14.9 Å². The SMILES string of the molecule is Brc1ccc2c(c1)[Si](c1ccccc1)(c1ccccc1)c1cc(-c3ccccc3)ccc1-2.C1=C(c2cccc3ccccc23)c2cc(-c3cccc4ccccc34)ccc2C1.S.[3HH].c1ccc(-c2ccc3c(c2)[Si](c2ccccc2)(c2ccccc2)c2cc(-n4cc(-c5cccc6ccccc56)c5cc(-c6cccc7ccccc67)ccc54)ccc2-3)cc1. The highest BCUT2D eigenvalue weighted by Crippen LogP contribution is 2.44. The lowest BCUT2D eigenvalue weighted by molar-refractivity contribution is 1.13. The van der Waals surface area contributed by atoms with Gasteiger partial charge in [0.05, 0.1) is 5.52 Å². The van der Waals surface area contributed by atoms with Gasteiger partial charge in [0.2, 0.25) is 0 Å². The van der Waals surface area contributed by atoms with Gasteiger partial charge >= 0.3 is 0 Å². The molecule has 5 heteroatoms. The minimum atomic E-state index is -2.81. The van der Waals surface area contributed by atoms with Gasteiger partial charge in [-0.3, -0.25) is 0 Å². The summed E-state index contributed by atoms with van der Waals surface area (Å²) in [6, 6.07) is 170. The molecule has 0 fully saturated rings. The Hall–Kier alpha value is -14.0. The molecule has 2 aliphatic heterocycles. The van der Waals surface area contributed by atoms with Crippen LogP contribution in [0.5, 0.6) is 0 Å². The van der Waals surface area contributed by atoms with E-state index in [1.54, 1.807) is 0 Å². The molecule has 24 rings (SSSR count). The maximum absolute atomic E-state index is 3.78. The number of allylic oxidation sites excluding steroid dienone is 1. The lowest BCUT2D eigenvalue weighted by atomic mass is 9.91. The van der Waals surface area contributed by atoms with E-state index in [2.05, 4.69) is 494 Å². The molecule has 0 amide bonds. The van der Waals surface area contributed by atoms with E-state index in [4.69, 9.17) is 0 Å². The van der Waals surface area contributed by atoms with Crippen molar-refractivity contribution < 1.29 is 1.43 Å². The first-order valence-electron chi connectivity index (χ1n) is 41.9. The monoisotopic (exact) mass is 1670 g/mol. The van der Waals surface area contributed by atoms with Gasteiger partial charge < -0.3 is 4.57 Å². The number of hydrogen-bond donors (Lipinski definition) is 0. The van der Waals surface area contributed by atoms with E-state index < -0.39 is 16.1 Å². The van der Waals surface area contributed by atoms with Crippen LogP contribution in [0.25, 0.3) is 143 Å². The quantitative estimate of drug-likeness (QED) is 0.114. The molecule has 0 atom stereocenters. The Labute approximate surface area is 731 Å². The summed E-state index contributed by atoms with van der Waals surface area (Å²) in [5, 5.41) is 22.9. The topological polar surface area (TPSA) is 4.93 Å². The van der Waals surface area contributed by atoms with Crippen molar-refractivity contribution in [2.45, 2.75) is 6.42 Å². The summed E-state index contributed by atoms with van der Waals surface area (Å²) in [6.45, 7) is 0. The number of aromatic nitrogens is 1. The van der Waals surface area contributed by atoms with Gasteiger partial charge in [0.15, 0.2) is 16.1 Å². The van der Waals surface area contributed by atoms with Gasteiger partial charge in [0, 0.05) is 28.7 Å². The van der Waals surface area contributed by atoms with Gasteiger partial charge in [0.25, 0.3) is 0 Å². The van der Waals surface area contributed by atoms with Crippen LogP contribution in [0.15, 0.2) is 478 Å². The summed E-state index contributed by atoms with van der Waals surface area (Å²) >= 11 is 3.78. The molecule has 0 bridgehead atoms. The fourth-order valence-electron chi connectivity index (χ4n) is 20.2. The van der Waals surface area contributed by atoms with E-state index in [1.165, 1.54) is 201 Å².